The Hall–Kier alpha value is -1.66. The Morgan fingerprint density at radius 1 is 1.16 bits per heavy atom. The minimum atomic E-state index is -3.71. The van der Waals surface area contributed by atoms with Crippen molar-refractivity contribution in [1.29, 1.82) is 0 Å². The van der Waals surface area contributed by atoms with Gasteiger partial charge in [0, 0.05) is 5.92 Å². The molecule has 1 aliphatic heterocycles. The zero-order valence-electron chi connectivity index (χ0n) is 15.4. The molecule has 0 unspecified atom stereocenters. The van der Waals surface area contributed by atoms with Crippen LogP contribution >= 0.6 is 0 Å². The minimum Gasteiger partial charge on any atom is -0.389 e. The molecule has 3 atom stereocenters. The molecule has 0 saturated heterocycles. The molecule has 1 heterocycles. The van der Waals surface area contributed by atoms with Crippen LogP contribution in [0, 0.1) is 12.8 Å². The van der Waals surface area contributed by atoms with Gasteiger partial charge >= 0.3 is 0 Å². The fourth-order valence-electron chi connectivity index (χ4n) is 3.92. The second-order valence-electron chi connectivity index (χ2n) is 7.69. The quantitative estimate of drug-likeness (QED) is 0.823. The van der Waals surface area contributed by atoms with Crippen LogP contribution < -0.4 is 0 Å². The number of hydrogen-bond acceptors (Lipinski definition) is 4. The molecule has 0 radical (unpaired) electrons. The maximum absolute atomic E-state index is 13.3. The first-order valence-corrected chi connectivity index (χ1v) is 10.0. The van der Waals surface area contributed by atoms with E-state index in [4.69, 9.17) is 0 Å². The molecule has 6 heteroatoms. The summed E-state index contributed by atoms with van der Waals surface area (Å²) in [5.74, 6) is 0.419. The van der Waals surface area contributed by atoms with Crippen molar-refractivity contribution in [2.24, 2.45) is 10.9 Å². The van der Waals surface area contributed by atoms with E-state index < -0.39 is 21.7 Å². The summed E-state index contributed by atoms with van der Waals surface area (Å²) in [6.45, 7) is 9.54. The maximum atomic E-state index is 13.3. The average Bonchev–Trinajstić information content (AvgIpc) is 2.49. The first-order chi connectivity index (χ1) is 11.5. The number of aliphatic imine (C=N–C) groups is 1. The Bertz CT molecular complexity index is 838. The van der Waals surface area contributed by atoms with Crippen LogP contribution in [0.4, 0.5) is 0 Å². The summed E-state index contributed by atoms with van der Waals surface area (Å²) in [6.07, 6.45) is 1.86. The van der Waals surface area contributed by atoms with E-state index in [-0.39, 0.29) is 16.9 Å². The number of aliphatic hydroxyl groups excluding tert-OH is 1. The Balaban J connectivity index is 2.15. The zero-order chi connectivity index (χ0) is 18.6. The number of aryl methyl sites for hydroxylation is 1. The first-order valence-electron chi connectivity index (χ1n) is 8.58. The third-order valence-electron chi connectivity index (χ3n) is 5.37. The number of fused-ring (bicyclic) bond motifs is 1. The van der Waals surface area contributed by atoms with Gasteiger partial charge in [0.1, 0.15) is 5.84 Å². The van der Waals surface area contributed by atoms with Crippen LogP contribution in [0.5, 0.6) is 0 Å². The molecule has 0 aromatic heterocycles. The molecular formula is C19H26N2O3S. The lowest BCUT2D eigenvalue weighted by molar-refractivity contribution is 0.105. The standard InChI is InChI=1S/C19H26N2O3S/c1-12-6-8-15(9-7-12)25(23,24)21-14(3)20-19(4,5)16-11-18(22)13(2)10-17(16)21/h6-10,16-18,22H,11H2,1-5H3/t16-,17+,18-/m1/s1. The topological polar surface area (TPSA) is 70.0 Å². The predicted molar refractivity (Wildman–Crippen MR) is 99.1 cm³/mol. The lowest BCUT2D eigenvalue weighted by atomic mass is 9.72. The largest absolute Gasteiger partial charge is 0.389 e. The van der Waals surface area contributed by atoms with E-state index in [0.717, 1.165) is 11.1 Å². The van der Waals surface area contributed by atoms with Crippen molar-refractivity contribution in [1.82, 2.24) is 4.31 Å². The lowest BCUT2D eigenvalue weighted by Crippen LogP contribution is -2.58. The highest BCUT2D eigenvalue weighted by molar-refractivity contribution is 7.89. The van der Waals surface area contributed by atoms with E-state index in [2.05, 4.69) is 4.99 Å². The fraction of sp³-hybridized carbons (Fsp3) is 0.526. The molecule has 5 nitrogen and oxygen atoms in total. The highest BCUT2D eigenvalue weighted by Gasteiger charge is 2.48. The zero-order valence-corrected chi connectivity index (χ0v) is 16.2. The van der Waals surface area contributed by atoms with Gasteiger partial charge in [-0.25, -0.2) is 12.7 Å². The van der Waals surface area contributed by atoms with Crippen molar-refractivity contribution >= 4 is 15.9 Å². The second-order valence-corrected chi connectivity index (χ2v) is 9.50. The molecule has 0 spiro atoms. The number of amidine groups is 1. The molecular weight excluding hydrogens is 336 g/mol. The SMILES string of the molecule is CC1=C[C@H]2[C@@H](C[C@H]1O)C(C)(C)N=C(C)N2S(=O)(=O)c1ccc(C)cc1. The maximum Gasteiger partial charge on any atom is 0.265 e. The first kappa shape index (κ1) is 18.1. The molecule has 0 fully saturated rings. The van der Waals surface area contributed by atoms with Gasteiger partial charge in [0.25, 0.3) is 10.0 Å². The van der Waals surface area contributed by atoms with E-state index in [1.54, 1.807) is 31.2 Å². The van der Waals surface area contributed by atoms with E-state index in [1.165, 1.54) is 4.31 Å². The number of rotatable bonds is 2. The van der Waals surface area contributed by atoms with Crippen molar-refractivity contribution < 1.29 is 13.5 Å². The molecule has 1 aromatic rings. The Morgan fingerprint density at radius 2 is 1.76 bits per heavy atom. The van der Waals surface area contributed by atoms with Crippen LogP contribution in [0.3, 0.4) is 0 Å². The monoisotopic (exact) mass is 362 g/mol. The smallest absolute Gasteiger partial charge is 0.265 e. The van der Waals surface area contributed by atoms with E-state index in [0.29, 0.717) is 12.3 Å². The molecule has 2 aliphatic rings. The van der Waals surface area contributed by atoms with Crippen LogP contribution in [-0.2, 0) is 10.0 Å². The Morgan fingerprint density at radius 3 is 2.36 bits per heavy atom. The van der Waals surface area contributed by atoms with Crippen molar-refractivity contribution in [3.8, 4) is 0 Å². The van der Waals surface area contributed by atoms with Gasteiger partial charge < -0.3 is 5.11 Å². The molecule has 1 N–H and O–H groups in total. The normalized spacial score (nSPS) is 28.9. The molecule has 1 aliphatic carbocycles. The number of sulfonamides is 1. The van der Waals surface area contributed by atoms with Gasteiger partial charge in [0.2, 0.25) is 0 Å². The van der Waals surface area contributed by atoms with Crippen molar-refractivity contribution in [3.05, 3.63) is 41.5 Å². The van der Waals surface area contributed by atoms with Crippen LogP contribution in [-0.4, -0.2) is 41.3 Å². The summed E-state index contributed by atoms with van der Waals surface area (Å²) >= 11 is 0. The van der Waals surface area contributed by atoms with Crippen LogP contribution in [0.15, 0.2) is 45.8 Å². The number of aliphatic hydroxyl groups is 1. The molecule has 0 saturated carbocycles. The summed E-state index contributed by atoms with van der Waals surface area (Å²) in [4.78, 5) is 4.94. The fourth-order valence-corrected chi connectivity index (χ4v) is 5.55. The molecule has 0 amide bonds. The predicted octanol–water partition coefficient (Wildman–Crippen LogP) is 2.89. The van der Waals surface area contributed by atoms with Crippen LogP contribution in [0.2, 0.25) is 0 Å². The third kappa shape index (κ3) is 3.02. The summed E-state index contributed by atoms with van der Waals surface area (Å²) in [5.41, 5.74) is 1.40. The Kier molecular flexibility index (Phi) is 4.32. The summed E-state index contributed by atoms with van der Waals surface area (Å²) in [6, 6.07) is 6.55. The van der Waals surface area contributed by atoms with Gasteiger partial charge in [-0.1, -0.05) is 23.8 Å². The average molecular weight is 362 g/mol. The minimum absolute atomic E-state index is 0.0740. The van der Waals surface area contributed by atoms with Crippen molar-refractivity contribution in [3.63, 3.8) is 0 Å². The highest BCUT2D eigenvalue weighted by atomic mass is 32.2. The number of hydrogen-bond donors (Lipinski definition) is 1. The van der Waals surface area contributed by atoms with Gasteiger partial charge in [0.15, 0.2) is 0 Å². The van der Waals surface area contributed by atoms with Crippen LogP contribution in [0.1, 0.15) is 39.7 Å². The molecule has 3 rings (SSSR count). The highest BCUT2D eigenvalue weighted by Crippen LogP contribution is 2.42. The van der Waals surface area contributed by atoms with E-state index in [9.17, 15) is 13.5 Å². The van der Waals surface area contributed by atoms with Gasteiger partial charge in [-0.3, -0.25) is 4.99 Å². The summed E-state index contributed by atoms with van der Waals surface area (Å²) < 4.78 is 28.1. The van der Waals surface area contributed by atoms with Gasteiger partial charge in [-0.15, -0.1) is 0 Å². The molecule has 1 aromatic carbocycles. The van der Waals surface area contributed by atoms with E-state index in [1.807, 2.05) is 33.8 Å². The molecule has 25 heavy (non-hydrogen) atoms. The van der Waals surface area contributed by atoms with E-state index >= 15 is 0 Å². The lowest BCUT2D eigenvalue weighted by Gasteiger charge is -2.49. The number of nitrogens with zero attached hydrogens (tertiary/aromatic N) is 2. The summed E-state index contributed by atoms with van der Waals surface area (Å²) in [7, 11) is -3.71. The molecule has 0 bridgehead atoms. The van der Waals surface area contributed by atoms with Crippen molar-refractivity contribution in [2.75, 3.05) is 0 Å². The van der Waals surface area contributed by atoms with Crippen LogP contribution in [0.25, 0.3) is 0 Å². The molecule has 136 valence electrons. The second kappa shape index (κ2) is 5.95. The third-order valence-corrected chi connectivity index (χ3v) is 7.27. The van der Waals surface area contributed by atoms with Crippen molar-refractivity contribution in [2.45, 2.75) is 63.6 Å². The van der Waals surface area contributed by atoms with Gasteiger partial charge in [-0.2, -0.15) is 0 Å². The van der Waals surface area contributed by atoms with Gasteiger partial charge in [-0.05, 0) is 58.7 Å². The van der Waals surface area contributed by atoms with Gasteiger partial charge in [0.05, 0.1) is 22.6 Å². The number of benzene rings is 1. The summed E-state index contributed by atoms with van der Waals surface area (Å²) in [5, 5.41) is 10.3. The Labute approximate surface area is 150 Å².